The zero-order chi connectivity index (χ0) is 21.1. The summed E-state index contributed by atoms with van der Waals surface area (Å²) in [6, 6.07) is 5.71. The minimum Gasteiger partial charge on any atom is -0.480 e. The van der Waals surface area contributed by atoms with Gasteiger partial charge < -0.3 is 20.3 Å². The van der Waals surface area contributed by atoms with E-state index in [4.69, 9.17) is 16.3 Å². The summed E-state index contributed by atoms with van der Waals surface area (Å²) in [6.07, 6.45) is 5.17. The molecule has 1 aromatic carbocycles. The highest BCUT2D eigenvalue weighted by atomic mass is 35.5. The Kier molecular flexibility index (Phi) is 5.62. The van der Waals surface area contributed by atoms with Crippen LogP contribution in [-0.4, -0.2) is 52.1 Å². The lowest BCUT2D eigenvalue weighted by atomic mass is 10.2. The summed E-state index contributed by atoms with van der Waals surface area (Å²) in [5.74, 6) is 1.39. The van der Waals surface area contributed by atoms with Crippen LogP contribution < -0.4 is 20.3 Å². The summed E-state index contributed by atoms with van der Waals surface area (Å²) in [6.45, 7) is 5.02. The molecule has 2 N–H and O–H groups in total. The highest BCUT2D eigenvalue weighted by molar-refractivity contribution is 6.31. The molecule has 3 heterocycles. The van der Waals surface area contributed by atoms with Crippen molar-refractivity contribution in [3.05, 3.63) is 48.4 Å². The number of aromatic nitrogens is 4. The third kappa shape index (κ3) is 4.11. The Morgan fingerprint density at radius 1 is 1.37 bits per heavy atom. The molecule has 10 heteroatoms. The molecule has 0 saturated carbocycles. The molecule has 1 saturated heterocycles. The molecule has 0 aliphatic carbocycles. The van der Waals surface area contributed by atoms with Gasteiger partial charge in [0.25, 0.3) is 0 Å². The molecule has 0 spiro atoms. The Morgan fingerprint density at radius 2 is 2.23 bits per heavy atom. The van der Waals surface area contributed by atoms with Crippen LogP contribution in [0.25, 0.3) is 10.9 Å². The summed E-state index contributed by atoms with van der Waals surface area (Å²) in [7, 11) is 1.52. The Labute approximate surface area is 178 Å². The second-order valence-electron chi connectivity index (χ2n) is 6.75. The molecule has 0 radical (unpaired) electrons. The van der Waals surface area contributed by atoms with Crippen LogP contribution in [0.4, 0.5) is 17.5 Å². The number of nitrogens with zero attached hydrogens (tertiary/aromatic N) is 5. The fourth-order valence-electron chi connectivity index (χ4n) is 3.38. The van der Waals surface area contributed by atoms with Crippen LogP contribution in [0.15, 0.2) is 43.4 Å². The van der Waals surface area contributed by atoms with Gasteiger partial charge in [0, 0.05) is 30.2 Å². The van der Waals surface area contributed by atoms with Gasteiger partial charge in [-0.1, -0.05) is 18.2 Å². The van der Waals surface area contributed by atoms with E-state index >= 15 is 0 Å². The summed E-state index contributed by atoms with van der Waals surface area (Å²) in [5.41, 5.74) is 1.41. The van der Waals surface area contributed by atoms with Crippen LogP contribution in [0.1, 0.15) is 6.42 Å². The minimum absolute atomic E-state index is 0.145. The van der Waals surface area contributed by atoms with Crippen molar-refractivity contribution in [2.24, 2.45) is 0 Å². The summed E-state index contributed by atoms with van der Waals surface area (Å²) in [5, 5.41) is 7.35. The van der Waals surface area contributed by atoms with E-state index in [-0.39, 0.29) is 11.9 Å². The normalized spacial score (nSPS) is 15.8. The Hall–Kier alpha value is -3.46. The summed E-state index contributed by atoms with van der Waals surface area (Å²) in [4.78, 5) is 31.1. The van der Waals surface area contributed by atoms with Crippen molar-refractivity contribution in [3.8, 4) is 5.88 Å². The smallest absolute Gasteiger partial charge is 0.247 e. The van der Waals surface area contributed by atoms with E-state index in [0.29, 0.717) is 22.5 Å². The molecule has 3 aromatic rings. The first-order chi connectivity index (χ1) is 14.6. The molecule has 2 aromatic heterocycles. The second kappa shape index (κ2) is 8.50. The number of anilines is 3. The number of nitrogens with one attached hydrogen (secondary N) is 2. The van der Waals surface area contributed by atoms with E-state index in [1.807, 2.05) is 18.2 Å². The monoisotopic (exact) mass is 425 g/mol. The number of carbonyl (C=O) groups excluding carboxylic acids is 1. The van der Waals surface area contributed by atoms with E-state index in [9.17, 15) is 4.79 Å². The quantitative estimate of drug-likeness (QED) is 0.581. The zero-order valence-electron chi connectivity index (χ0n) is 16.3. The van der Waals surface area contributed by atoms with Crippen molar-refractivity contribution in [1.29, 1.82) is 0 Å². The molecule has 1 aliphatic rings. The maximum atomic E-state index is 11.5. The van der Waals surface area contributed by atoms with Gasteiger partial charge in [0.15, 0.2) is 0 Å². The Balaban J connectivity index is 1.51. The second-order valence-corrected chi connectivity index (χ2v) is 7.16. The molecule has 1 atom stereocenters. The number of hydrogen-bond acceptors (Lipinski definition) is 8. The molecule has 1 amide bonds. The first-order valence-electron chi connectivity index (χ1n) is 9.33. The van der Waals surface area contributed by atoms with Crippen LogP contribution in [-0.2, 0) is 4.79 Å². The SMILES string of the molecule is C=CC(=O)Nc1ccc2c(N3CCC(Nc4ncc(Cl)c(OC)n4)C3)ncnc2c1. The molecule has 9 nitrogen and oxygen atoms in total. The van der Waals surface area contributed by atoms with Gasteiger partial charge in [0.2, 0.25) is 17.7 Å². The van der Waals surface area contributed by atoms with E-state index in [1.165, 1.54) is 25.7 Å². The Morgan fingerprint density at radius 3 is 3.03 bits per heavy atom. The molecule has 154 valence electrons. The average molecular weight is 426 g/mol. The van der Waals surface area contributed by atoms with Gasteiger partial charge in [0.05, 0.1) is 18.8 Å². The van der Waals surface area contributed by atoms with Gasteiger partial charge in [-0.25, -0.2) is 15.0 Å². The molecule has 1 unspecified atom stereocenters. The third-order valence-electron chi connectivity index (χ3n) is 4.79. The number of ether oxygens (including phenoxy) is 1. The topological polar surface area (TPSA) is 105 Å². The standard InChI is InChI=1S/C20H20ClN7O2/c1-3-17(29)25-12-4-5-14-16(8-12)23-11-24-18(14)28-7-6-13(10-28)26-20-22-9-15(21)19(27-20)30-2/h3-5,8-9,11,13H,1,6-7,10H2,2H3,(H,25,29)(H,22,26,27). The van der Waals surface area contributed by atoms with Crippen molar-refractivity contribution in [3.63, 3.8) is 0 Å². The lowest BCUT2D eigenvalue weighted by Crippen LogP contribution is -2.27. The van der Waals surface area contributed by atoms with Gasteiger partial charge in [-0.15, -0.1) is 0 Å². The summed E-state index contributed by atoms with van der Waals surface area (Å²) >= 11 is 5.99. The molecule has 4 rings (SSSR count). The van der Waals surface area contributed by atoms with Crippen molar-refractivity contribution >= 4 is 45.9 Å². The number of rotatable bonds is 6. The van der Waals surface area contributed by atoms with Gasteiger partial charge in [-0.2, -0.15) is 4.98 Å². The van der Waals surface area contributed by atoms with Crippen LogP contribution in [0.3, 0.4) is 0 Å². The van der Waals surface area contributed by atoms with Gasteiger partial charge in [0.1, 0.15) is 17.2 Å². The van der Waals surface area contributed by atoms with Crippen LogP contribution >= 0.6 is 11.6 Å². The van der Waals surface area contributed by atoms with E-state index < -0.39 is 0 Å². The van der Waals surface area contributed by atoms with Crippen LogP contribution in [0.5, 0.6) is 5.88 Å². The van der Waals surface area contributed by atoms with Crippen molar-refractivity contribution in [2.75, 3.05) is 35.7 Å². The van der Waals surface area contributed by atoms with Gasteiger partial charge in [-0.3, -0.25) is 4.79 Å². The van der Waals surface area contributed by atoms with Crippen molar-refractivity contribution < 1.29 is 9.53 Å². The van der Waals surface area contributed by atoms with Gasteiger partial charge >= 0.3 is 0 Å². The number of hydrogen-bond donors (Lipinski definition) is 2. The highest BCUT2D eigenvalue weighted by Gasteiger charge is 2.25. The van der Waals surface area contributed by atoms with E-state index in [1.54, 1.807) is 0 Å². The van der Waals surface area contributed by atoms with Gasteiger partial charge in [-0.05, 0) is 30.7 Å². The number of amides is 1. The molecule has 30 heavy (non-hydrogen) atoms. The maximum absolute atomic E-state index is 11.5. The largest absolute Gasteiger partial charge is 0.480 e. The molecular weight excluding hydrogens is 406 g/mol. The van der Waals surface area contributed by atoms with Crippen LogP contribution in [0, 0.1) is 0 Å². The Bertz CT molecular complexity index is 1110. The molecule has 0 bridgehead atoms. The third-order valence-corrected chi connectivity index (χ3v) is 5.05. The predicted octanol–water partition coefficient (Wildman–Crippen LogP) is 2.90. The summed E-state index contributed by atoms with van der Waals surface area (Å²) < 4.78 is 5.15. The number of benzene rings is 1. The lowest BCUT2D eigenvalue weighted by molar-refractivity contribution is -0.111. The molecular formula is C20H20ClN7O2. The molecule has 1 fully saturated rings. The fourth-order valence-corrected chi connectivity index (χ4v) is 3.55. The minimum atomic E-state index is -0.266. The first kappa shape index (κ1) is 19.8. The predicted molar refractivity (Wildman–Crippen MR) is 116 cm³/mol. The average Bonchev–Trinajstić information content (AvgIpc) is 3.22. The number of halogens is 1. The van der Waals surface area contributed by atoms with E-state index in [0.717, 1.165) is 36.2 Å². The number of methoxy groups -OCH3 is 1. The maximum Gasteiger partial charge on any atom is 0.247 e. The lowest BCUT2D eigenvalue weighted by Gasteiger charge is -2.19. The number of carbonyl (C=O) groups is 1. The highest BCUT2D eigenvalue weighted by Crippen LogP contribution is 2.29. The van der Waals surface area contributed by atoms with E-state index in [2.05, 4.69) is 42.0 Å². The molecule has 1 aliphatic heterocycles. The van der Waals surface area contributed by atoms with Crippen molar-refractivity contribution in [1.82, 2.24) is 19.9 Å². The number of fused-ring (bicyclic) bond motifs is 1. The zero-order valence-corrected chi connectivity index (χ0v) is 17.1. The fraction of sp³-hybridized carbons (Fsp3) is 0.250. The van der Waals surface area contributed by atoms with Crippen molar-refractivity contribution in [2.45, 2.75) is 12.5 Å². The van der Waals surface area contributed by atoms with Crippen LogP contribution in [0.2, 0.25) is 5.02 Å². The first-order valence-corrected chi connectivity index (χ1v) is 9.71.